The lowest BCUT2D eigenvalue weighted by atomic mass is 10.1. The number of aromatic carboxylic acids is 1. The summed E-state index contributed by atoms with van der Waals surface area (Å²) in [4.78, 5) is 10.9. The van der Waals surface area contributed by atoms with E-state index in [2.05, 4.69) is 15.4 Å². The highest BCUT2D eigenvalue weighted by Gasteiger charge is 2.11. The van der Waals surface area contributed by atoms with Gasteiger partial charge in [0.15, 0.2) is 0 Å². The molecule has 0 radical (unpaired) electrons. The third-order valence-corrected chi connectivity index (χ3v) is 1.94. The van der Waals surface area contributed by atoms with Gasteiger partial charge in [-0.3, -0.25) is 0 Å². The van der Waals surface area contributed by atoms with Crippen LogP contribution in [0.3, 0.4) is 0 Å². The van der Waals surface area contributed by atoms with Gasteiger partial charge in [0, 0.05) is 5.56 Å². The van der Waals surface area contributed by atoms with Crippen LogP contribution in [-0.4, -0.2) is 26.5 Å². The molecule has 0 saturated carbocycles. The standard InChI is InChI=1S/C10H7N3O2/c14-10(15)8-4-2-1-3-7(8)9-5-6-11-13-12-9/h1-6H,(H,14,15). The quantitative estimate of drug-likeness (QED) is 0.790. The molecule has 1 aromatic heterocycles. The van der Waals surface area contributed by atoms with Crippen LogP contribution in [0.4, 0.5) is 0 Å². The van der Waals surface area contributed by atoms with Crippen LogP contribution in [0.15, 0.2) is 36.5 Å². The molecule has 15 heavy (non-hydrogen) atoms. The number of carboxylic acids is 1. The summed E-state index contributed by atoms with van der Waals surface area (Å²) in [7, 11) is 0. The SMILES string of the molecule is O=C(O)c1ccccc1-c1ccnnn1. The predicted octanol–water partition coefficient (Wildman–Crippen LogP) is 1.24. The third kappa shape index (κ3) is 1.80. The van der Waals surface area contributed by atoms with E-state index in [1.165, 1.54) is 12.3 Å². The molecule has 5 heteroatoms. The van der Waals surface area contributed by atoms with Gasteiger partial charge in [-0.25, -0.2) is 4.79 Å². The molecule has 0 saturated heterocycles. The zero-order valence-electron chi connectivity index (χ0n) is 7.66. The average Bonchev–Trinajstić information content (AvgIpc) is 2.30. The number of aromatic nitrogens is 3. The number of benzene rings is 1. The van der Waals surface area contributed by atoms with Gasteiger partial charge in [-0.1, -0.05) is 18.2 Å². The Morgan fingerprint density at radius 3 is 2.67 bits per heavy atom. The molecule has 1 heterocycles. The van der Waals surface area contributed by atoms with E-state index in [9.17, 15) is 4.79 Å². The Kier molecular flexibility index (Phi) is 2.37. The molecule has 0 bridgehead atoms. The molecule has 74 valence electrons. The lowest BCUT2D eigenvalue weighted by Gasteiger charge is -2.02. The first-order valence-electron chi connectivity index (χ1n) is 4.26. The van der Waals surface area contributed by atoms with Gasteiger partial charge in [-0.05, 0) is 17.3 Å². The van der Waals surface area contributed by atoms with Crippen LogP contribution < -0.4 is 0 Å². The minimum absolute atomic E-state index is 0.206. The van der Waals surface area contributed by atoms with Crippen LogP contribution in [0, 0.1) is 0 Å². The first-order valence-corrected chi connectivity index (χ1v) is 4.26. The number of carboxylic acid groups (broad SMARTS) is 1. The number of nitrogens with zero attached hydrogens (tertiary/aromatic N) is 3. The molecule has 1 aromatic carbocycles. The fourth-order valence-electron chi connectivity index (χ4n) is 1.28. The van der Waals surface area contributed by atoms with Crippen LogP contribution in [0.25, 0.3) is 11.3 Å². The maximum Gasteiger partial charge on any atom is 0.336 e. The van der Waals surface area contributed by atoms with E-state index >= 15 is 0 Å². The molecule has 0 spiro atoms. The van der Waals surface area contributed by atoms with E-state index in [4.69, 9.17) is 5.11 Å². The lowest BCUT2D eigenvalue weighted by Crippen LogP contribution is -2.00. The monoisotopic (exact) mass is 201 g/mol. The Bertz CT molecular complexity index is 485. The fourth-order valence-corrected chi connectivity index (χ4v) is 1.28. The van der Waals surface area contributed by atoms with Crippen molar-refractivity contribution in [1.82, 2.24) is 15.4 Å². The highest BCUT2D eigenvalue weighted by molar-refractivity contribution is 5.95. The Labute approximate surface area is 85.4 Å². The molecule has 0 amide bonds. The molecule has 0 aliphatic rings. The smallest absolute Gasteiger partial charge is 0.336 e. The Balaban J connectivity index is 2.58. The Hall–Kier alpha value is -2.30. The van der Waals surface area contributed by atoms with Crippen molar-refractivity contribution in [1.29, 1.82) is 0 Å². The van der Waals surface area contributed by atoms with Gasteiger partial charge in [-0.2, -0.15) is 0 Å². The van der Waals surface area contributed by atoms with Gasteiger partial charge in [-0.15, -0.1) is 10.2 Å². The van der Waals surface area contributed by atoms with Crippen molar-refractivity contribution in [3.05, 3.63) is 42.1 Å². The van der Waals surface area contributed by atoms with Crippen molar-refractivity contribution in [2.75, 3.05) is 0 Å². The van der Waals surface area contributed by atoms with Crippen molar-refractivity contribution in [2.45, 2.75) is 0 Å². The summed E-state index contributed by atoms with van der Waals surface area (Å²) in [5, 5.41) is 19.7. The molecule has 5 nitrogen and oxygen atoms in total. The average molecular weight is 201 g/mol. The Morgan fingerprint density at radius 2 is 2.00 bits per heavy atom. The molecular weight excluding hydrogens is 194 g/mol. The van der Waals surface area contributed by atoms with Crippen LogP contribution in [-0.2, 0) is 0 Å². The fraction of sp³-hybridized carbons (Fsp3) is 0. The van der Waals surface area contributed by atoms with E-state index in [1.54, 1.807) is 24.3 Å². The van der Waals surface area contributed by atoms with Crippen molar-refractivity contribution >= 4 is 5.97 Å². The van der Waals surface area contributed by atoms with E-state index in [1.807, 2.05) is 0 Å². The molecule has 0 aliphatic carbocycles. The maximum atomic E-state index is 10.9. The largest absolute Gasteiger partial charge is 0.478 e. The van der Waals surface area contributed by atoms with E-state index < -0.39 is 5.97 Å². The molecule has 0 aliphatic heterocycles. The van der Waals surface area contributed by atoms with Gasteiger partial charge in [0.2, 0.25) is 0 Å². The lowest BCUT2D eigenvalue weighted by molar-refractivity contribution is 0.0697. The summed E-state index contributed by atoms with van der Waals surface area (Å²) < 4.78 is 0. The van der Waals surface area contributed by atoms with Gasteiger partial charge in [0.25, 0.3) is 0 Å². The van der Waals surface area contributed by atoms with Crippen LogP contribution in [0.2, 0.25) is 0 Å². The summed E-state index contributed by atoms with van der Waals surface area (Å²) in [5.74, 6) is -0.982. The molecule has 0 atom stereocenters. The van der Waals surface area contributed by atoms with Gasteiger partial charge in [0.1, 0.15) is 0 Å². The molecular formula is C10H7N3O2. The number of hydrogen-bond donors (Lipinski definition) is 1. The third-order valence-electron chi connectivity index (χ3n) is 1.94. The second kappa shape index (κ2) is 3.83. The van der Waals surface area contributed by atoms with Gasteiger partial charge < -0.3 is 5.11 Å². The summed E-state index contributed by atoms with van der Waals surface area (Å²) in [6.45, 7) is 0. The number of carbonyl (C=O) groups is 1. The van der Waals surface area contributed by atoms with Crippen molar-refractivity contribution in [3.8, 4) is 11.3 Å². The minimum atomic E-state index is -0.982. The van der Waals surface area contributed by atoms with E-state index in [0.29, 0.717) is 11.3 Å². The molecule has 2 rings (SSSR count). The first kappa shape index (κ1) is 9.26. The molecule has 0 unspecified atom stereocenters. The number of rotatable bonds is 2. The molecule has 2 aromatic rings. The Morgan fingerprint density at radius 1 is 1.20 bits per heavy atom. The maximum absolute atomic E-state index is 10.9. The molecule has 1 N–H and O–H groups in total. The predicted molar refractivity (Wildman–Crippen MR) is 52.2 cm³/mol. The zero-order chi connectivity index (χ0) is 10.7. The highest BCUT2D eigenvalue weighted by atomic mass is 16.4. The first-order chi connectivity index (χ1) is 7.29. The summed E-state index contributed by atoms with van der Waals surface area (Å²) in [6, 6.07) is 8.26. The van der Waals surface area contributed by atoms with Crippen molar-refractivity contribution in [2.24, 2.45) is 0 Å². The zero-order valence-corrected chi connectivity index (χ0v) is 7.66. The molecule has 0 fully saturated rings. The van der Waals surface area contributed by atoms with Crippen molar-refractivity contribution < 1.29 is 9.90 Å². The second-order valence-corrected chi connectivity index (χ2v) is 2.86. The topological polar surface area (TPSA) is 76.0 Å². The van der Waals surface area contributed by atoms with Crippen LogP contribution in [0.5, 0.6) is 0 Å². The number of hydrogen-bond acceptors (Lipinski definition) is 4. The van der Waals surface area contributed by atoms with Gasteiger partial charge in [0.05, 0.1) is 17.5 Å². The highest BCUT2D eigenvalue weighted by Crippen LogP contribution is 2.20. The minimum Gasteiger partial charge on any atom is -0.478 e. The summed E-state index contributed by atoms with van der Waals surface area (Å²) in [6.07, 6.45) is 1.47. The van der Waals surface area contributed by atoms with Crippen LogP contribution >= 0.6 is 0 Å². The second-order valence-electron chi connectivity index (χ2n) is 2.86. The van der Waals surface area contributed by atoms with Gasteiger partial charge >= 0.3 is 5.97 Å². The van der Waals surface area contributed by atoms with Crippen molar-refractivity contribution in [3.63, 3.8) is 0 Å². The van der Waals surface area contributed by atoms with Crippen LogP contribution in [0.1, 0.15) is 10.4 Å². The summed E-state index contributed by atoms with van der Waals surface area (Å²) >= 11 is 0. The van der Waals surface area contributed by atoms with E-state index in [-0.39, 0.29) is 5.56 Å². The summed E-state index contributed by atoms with van der Waals surface area (Å²) in [5.41, 5.74) is 1.25. The van der Waals surface area contributed by atoms with E-state index in [0.717, 1.165) is 0 Å². The normalized spacial score (nSPS) is 9.87.